The smallest absolute Gasteiger partial charge is 0.119 e. The Labute approximate surface area is 111 Å². The van der Waals surface area contributed by atoms with Gasteiger partial charge in [0.25, 0.3) is 0 Å². The summed E-state index contributed by atoms with van der Waals surface area (Å²) >= 11 is 0. The van der Waals surface area contributed by atoms with Gasteiger partial charge in [-0.2, -0.15) is 0 Å². The van der Waals surface area contributed by atoms with Gasteiger partial charge in [0.05, 0.1) is 6.61 Å². The lowest BCUT2D eigenvalue weighted by molar-refractivity contribution is 0.298. The van der Waals surface area contributed by atoms with Crippen LogP contribution in [0.15, 0.2) is 24.3 Å². The third kappa shape index (κ3) is 3.26. The van der Waals surface area contributed by atoms with Crippen LogP contribution in [-0.4, -0.2) is 6.61 Å². The largest absolute Gasteiger partial charge is 0.494 e. The minimum absolute atomic E-state index is 0.0970. The quantitative estimate of drug-likeness (QED) is 0.799. The Bertz CT molecular complexity index is 352. The molecule has 0 bridgehead atoms. The average Bonchev–Trinajstić information content (AvgIpc) is 2.41. The minimum atomic E-state index is -0.0970. The molecular weight excluding hydrogens is 222 g/mol. The van der Waals surface area contributed by atoms with Gasteiger partial charge in [-0.25, -0.2) is 0 Å². The first-order valence-electron chi connectivity index (χ1n) is 7.27. The van der Waals surface area contributed by atoms with Gasteiger partial charge >= 0.3 is 0 Å². The fraction of sp³-hybridized carbons (Fsp3) is 0.625. The molecule has 0 amide bonds. The molecule has 0 spiro atoms. The molecule has 1 aromatic carbocycles. The maximum absolute atomic E-state index is 6.51. The van der Waals surface area contributed by atoms with Gasteiger partial charge in [0.1, 0.15) is 5.75 Å². The fourth-order valence-corrected chi connectivity index (χ4v) is 2.69. The van der Waals surface area contributed by atoms with Crippen LogP contribution in [0.5, 0.6) is 5.75 Å². The van der Waals surface area contributed by atoms with Gasteiger partial charge in [0.15, 0.2) is 0 Å². The van der Waals surface area contributed by atoms with Gasteiger partial charge < -0.3 is 10.5 Å². The van der Waals surface area contributed by atoms with Gasteiger partial charge in [-0.3, -0.25) is 0 Å². The molecule has 1 aliphatic rings. The van der Waals surface area contributed by atoms with Crippen molar-refractivity contribution >= 4 is 0 Å². The van der Waals surface area contributed by atoms with Crippen LogP contribution in [0.1, 0.15) is 57.4 Å². The van der Waals surface area contributed by atoms with Crippen LogP contribution in [0.3, 0.4) is 0 Å². The Morgan fingerprint density at radius 2 is 1.78 bits per heavy atom. The number of hydrogen-bond acceptors (Lipinski definition) is 2. The highest BCUT2D eigenvalue weighted by Crippen LogP contribution is 2.35. The molecule has 0 heterocycles. The van der Waals surface area contributed by atoms with Crippen molar-refractivity contribution in [2.45, 2.75) is 57.4 Å². The maximum atomic E-state index is 6.51. The summed E-state index contributed by atoms with van der Waals surface area (Å²) in [4.78, 5) is 0. The van der Waals surface area contributed by atoms with Crippen molar-refractivity contribution < 1.29 is 4.74 Å². The monoisotopic (exact) mass is 247 g/mol. The van der Waals surface area contributed by atoms with Crippen LogP contribution < -0.4 is 10.5 Å². The lowest BCUT2D eigenvalue weighted by Crippen LogP contribution is -2.38. The van der Waals surface area contributed by atoms with Crippen molar-refractivity contribution in [3.63, 3.8) is 0 Å². The van der Waals surface area contributed by atoms with Crippen LogP contribution >= 0.6 is 0 Å². The average molecular weight is 247 g/mol. The predicted octanol–water partition coefficient (Wildman–Crippen LogP) is 3.98. The van der Waals surface area contributed by atoms with Crippen molar-refractivity contribution in [2.24, 2.45) is 5.73 Å². The number of benzene rings is 1. The molecule has 2 rings (SSSR count). The van der Waals surface area contributed by atoms with Gasteiger partial charge in [0.2, 0.25) is 0 Å². The van der Waals surface area contributed by atoms with Gasteiger partial charge in [-0.15, -0.1) is 0 Å². The highest BCUT2D eigenvalue weighted by atomic mass is 16.5. The second-order valence-electron chi connectivity index (χ2n) is 5.44. The van der Waals surface area contributed by atoms with E-state index in [0.717, 1.165) is 31.6 Å². The van der Waals surface area contributed by atoms with Crippen molar-refractivity contribution in [1.82, 2.24) is 0 Å². The fourth-order valence-electron chi connectivity index (χ4n) is 2.69. The first kappa shape index (κ1) is 13.4. The Balaban J connectivity index is 1.98. The summed E-state index contributed by atoms with van der Waals surface area (Å²) in [5.74, 6) is 0.964. The Kier molecular flexibility index (Phi) is 4.65. The van der Waals surface area contributed by atoms with Crippen LogP contribution in [0.4, 0.5) is 0 Å². The van der Waals surface area contributed by atoms with Gasteiger partial charge in [0, 0.05) is 5.54 Å². The summed E-state index contributed by atoms with van der Waals surface area (Å²) in [6.07, 6.45) is 8.35. The minimum Gasteiger partial charge on any atom is -0.494 e. The van der Waals surface area contributed by atoms with Crippen molar-refractivity contribution in [3.8, 4) is 5.75 Å². The number of ether oxygens (including phenoxy) is 1. The molecule has 0 saturated heterocycles. The molecule has 100 valence electrons. The van der Waals surface area contributed by atoms with E-state index in [1.807, 2.05) is 0 Å². The Morgan fingerprint density at radius 3 is 2.39 bits per heavy atom. The van der Waals surface area contributed by atoms with Crippen LogP contribution in [0, 0.1) is 0 Å². The van der Waals surface area contributed by atoms with E-state index >= 15 is 0 Å². The molecule has 1 fully saturated rings. The molecule has 0 radical (unpaired) electrons. The van der Waals surface area contributed by atoms with E-state index in [2.05, 4.69) is 31.2 Å². The zero-order valence-electron chi connectivity index (χ0n) is 11.5. The van der Waals surface area contributed by atoms with E-state index in [4.69, 9.17) is 10.5 Å². The van der Waals surface area contributed by atoms with E-state index < -0.39 is 0 Å². The molecule has 2 nitrogen and oxygen atoms in total. The Hall–Kier alpha value is -1.02. The summed E-state index contributed by atoms with van der Waals surface area (Å²) in [7, 11) is 0. The third-order valence-electron chi connectivity index (χ3n) is 3.94. The topological polar surface area (TPSA) is 35.2 Å². The van der Waals surface area contributed by atoms with Crippen LogP contribution in [0.2, 0.25) is 0 Å². The molecule has 0 unspecified atom stereocenters. The molecule has 0 atom stereocenters. The number of hydrogen-bond donors (Lipinski definition) is 1. The summed E-state index contributed by atoms with van der Waals surface area (Å²) in [6.45, 7) is 2.98. The first-order valence-corrected chi connectivity index (χ1v) is 7.27. The first-order chi connectivity index (χ1) is 8.74. The van der Waals surface area contributed by atoms with Crippen LogP contribution in [-0.2, 0) is 5.54 Å². The SMILES string of the molecule is CCCCOc1ccc(C2(N)CCCCC2)cc1. The third-order valence-corrected chi connectivity index (χ3v) is 3.94. The maximum Gasteiger partial charge on any atom is 0.119 e. The van der Waals surface area contributed by atoms with Crippen LogP contribution in [0.25, 0.3) is 0 Å². The lowest BCUT2D eigenvalue weighted by atomic mass is 9.77. The van der Waals surface area contributed by atoms with E-state index in [1.54, 1.807) is 0 Å². The lowest BCUT2D eigenvalue weighted by Gasteiger charge is -2.34. The molecule has 0 aromatic heterocycles. The molecule has 18 heavy (non-hydrogen) atoms. The zero-order chi connectivity index (χ0) is 12.8. The molecular formula is C16H25NO. The molecule has 1 aliphatic carbocycles. The summed E-state index contributed by atoms with van der Waals surface area (Å²) in [5.41, 5.74) is 7.68. The normalized spacial score (nSPS) is 18.6. The predicted molar refractivity (Wildman–Crippen MR) is 75.8 cm³/mol. The van der Waals surface area contributed by atoms with Crippen molar-refractivity contribution in [1.29, 1.82) is 0 Å². The van der Waals surface area contributed by atoms with E-state index in [1.165, 1.54) is 31.2 Å². The summed E-state index contributed by atoms with van der Waals surface area (Å²) < 4.78 is 5.68. The molecule has 0 aliphatic heterocycles. The highest BCUT2D eigenvalue weighted by molar-refractivity contribution is 5.32. The van der Waals surface area contributed by atoms with Crippen molar-refractivity contribution in [2.75, 3.05) is 6.61 Å². The second-order valence-corrected chi connectivity index (χ2v) is 5.44. The molecule has 1 saturated carbocycles. The number of unbranched alkanes of at least 4 members (excludes halogenated alkanes) is 1. The van der Waals surface area contributed by atoms with Gasteiger partial charge in [-0.1, -0.05) is 44.7 Å². The standard InChI is InChI=1S/C16H25NO/c1-2-3-13-18-15-9-7-14(8-10-15)16(17)11-5-4-6-12-16/h7-10H,2-6,11-13,17H2,1H3. The summed E-state index contributed by atoms with van der Waals surface area (Å²) in [6, 6.07) is 8.42. The van der Waals surface area contributed by atoms with E-state index in [9.17, 15) is 0 Å². The highest BCUT2D eigenvalue weighted by Gasteiger charge is 2.29. The van der Waals surface area contributed by atoms with E-state index in [-0.39, 0.29) is 5.54 Å². The zero-order valence-corrected chi connectivity index (χ0v) is 11.5. The summed E-state index contributed by atoms with van der Waals surface area (Å²) in [5, 5.41) is 0. The molecule has 2 heteroatoms. The second kappa shape index (κ2) is 6.24. The molecule has 1 aromatic rings. The Morgan fingerprint density at radius 1 is 1.11 bits per heavy atom. The molecule has 2 N–H and O–H groups in total. The number of nitrogens with two attached hydrogens (primary N) is 1. The van der Waals surface area contributed by atoms with Crippen molar-refractivity contribution in [3.05, 3.63) is 29.8 Å². The number of rotatable bonds is 5. The van der Waals surface area contributed by atoms with Gasteiger partial charge in [-0.05, 0) is 37.0 Å². The van der Waals surface area contributed by atoms with E-state index in [0.29, 0.717) is 0 Å².